The molecule has 0 saturated carbocycles. The van der Waals surface area contributed by atoms with E-state index in [1.54, 1.807) is 30.3 Å². The highest BCUT2D eigenvalue weighted by atomic mass is 35.5. The molecule has 0 radical (unpaired) electrons. The molecule has 132 valence electrons. The summed E-state index contributed by atoms with van der Waals surface area (Å²) in [5.41, 5.74) is 3.11. The monoisotopic (exact) mass is 373 g/mol. The molecule has 2 N–H and O–H groups in total. The van der Waals surface area contributed by atoms with Crippen LogP contribution < -0.4 is 10.6 Å². The van der Waals surface area contributed by atoms with Crippen molar-refractivity contribution in [3.05, 3.63) is 95.0 Å². The van der Waals surface area contributed by atoms with Gasteiger partial charge in [0.2, 0.25) is 0 Å². The fraction of sp³-hybridized carbons (Fsp3) is 0. The van der Waals surface area contributed by atoms with E-state index in [9.17, 15) is 10.1 Å². The Morgan fingerprint density at radius 2 is 1.52 bits per heavy atom. The maximum atomic E-state index is 12.3. The van der Waals surface area contributed by atoms with Gasteiger partial charge in [-0.1, -0.05) is 54.1 Å². The van der Waals surface area contributed by atoms with Gasteiger partial charge in [-0.15, -0.1) is 0 Å². The van der Waals surface area contributed by atoms with Crippen molar-refractivity contribution in [1.82, 2.24) is 0 Å². The van der Waals surface area contributed by atoms with Gasteiger partial charge in [0, 0.05) is 11.4 Å². The Bertz CT molecular complexity index is 1010. The molecule has 3 aromatic rings. The number of nitrogens with zero attached hydrogens (tertiary/aromatic N) is 1. The zero-order valence-corrected chi connectivity index (χ0v) is 15.1. The van der Waals surface area contributed by atoms with Gasteiger partial charge in [-0.25, -0.2) is 0 Å². The van der Waals surface area contributed by atoms with Crippen molar-refractivity contribution in [2.75, 3.05) is 10.6 Å². The maximum Gasteiger partial charge on any atom is 0.266 e. The average Bonchev–Trinajstić information content (AvgIpc) is 2.70. The summed E-state index contributed by atoms with van der Waals surface area (Å²) in [7, 11) is 0. The Labute approximate surface area is 162 Å². The molecule has 0 unspecified atom stereocenters. The number of amides is 1. The van der Waals surface area contributed by atoms with Crippen molar-refractivity contribution in [3.8, 4) is 6.07 Å². The van der Waals surface area contributed by atoms with E-state index < -0.39 is 5.91 Å². The molecule has 5 heteroatoms. The predicted molar refractivity (Wildman–Crippen MR) is 110 cm³/mol. The number of halogens is 1. The third-order valence-corrected chi connectivity index (χ3v) is 4.10. The Hall–Kier alpha value is -3.55. The molecule has 0 fully saturated rings. The molecule has 0 spiro atoms. The first-order valence-electron chi connectivity index (χ1n) is 8.25. The summed E-state index contributed by atoms with van der Waals surface area (Å²) in [5.74, 6) is -0.503. The smallest absolute Gasteiger partial charge is 0.266 e. The fourth-order valence-corrected chi connectivity index (χ4v) is 2.60. The normalized spacial score (nSPS) is 10.7. The van der Waals surface area contributed by atoms with Crippen LogP contribution in [0.3, 0.4) is 0 Å². The van der Waals surface area contributed by atoms with Crippen LogP contribution >= 0.6 is 11.6 Å². The molecule has 27 heavy (non-hydrogen) atoms. The van der Waals surface area contributed by atoms with E-state index in [1.807, 2.05) is 60.7 Å². The van der Waals surface area contributed by atoms with Gasteiger partial charge in [-0.2, -0.15) is 5.26 Å². The van der Waals surface area contributed by atoms with E-state index >= 15 is 0 Å². The number of carbonyl (C=O) groups is 1. The highest BCUT2D eigenvalue weighted by molar-refractivity contribution is 6.34. The molecule has 0 aliphatic carbocycles. The average molecular weight is 374 g/mol. The van der Waals surface area contributed by atoms with Crippen LogP contribution in [0.2, 0.25) is 5.02 Å². The van der Waals surface area contributed by atoms with Crippen molar-refractivity contribution in [1.29, 1.82) is 5.26 Å². The van der Waals surface area contributed by atoms with Gasteiger partial charge in [0.15, 0.2) is 0 Å². The van der Waals surface area contributed by atoms with Gasteiger partial charge < -0.3 is 10.6 Å². The van der Waals surface area contributed by atoms with Gasteiger partial charge >= 0.3 is 0 Å². The summed E-state index contributed by atoms with van der Waals surface area (Å²) in [6, 6.07) is 26.1. The van der Waals surface area contributed by atoms with Gasteiger partial charge in [0.1, 0.15) is 11.6 Å². The van der Waals surface area contributed by atoms with Gasteiger partial charge in [-0.05, 0) is 48.0 Å². The van der Waals surface area contributed by atoms with Gasteiger partial charge in [0.05, 0.1) is 10.7 Å². The zero-order valence-electron chi connectivity index (χ0n) is 14.3. The Balaban J connectivity index is 1.72. The summed E-state index contributed by atoms with van der Waals surface area (Å²) in [6.45, 7) is 0. The van der Waals surface area contributed by atoms with Crippen LogP contribution in [0.5, 0.6) is 0 Å². The van der Waals surface area contributed by atoms with E-state index in [1.165, 1.54) is 0 Å². The van der Waals surface area contributed by atoms with Crippen molar-refractivity contribution < 1.29 is 4.79 Å². The number of carbonyl (C=O) groups excluding carboxylic acids is 1. The first-order valence-corrected chi connectivity index (χ1v) is 8.63. The number of hydrogen-bond acceptors (Lipinski definition) is 3. The molecule has 0 heterocycles. The quantitative estimate of drug-likeness (QED) is 0.450. The number of hydrogen-bond donors (Lipinski definition) is 2. The van der Waals surface area contributed by atoms with Crippen LogP contribution in [0, 0.1) is 11.3 Å². The van der Waals surface area contributed by atoms with Gasteiger partial charge in [-0.3, -0.25) is 4.79 Å². The predicted octanol–water partition coefficient (Wildman–Crippen LogP) is 5.63. The lowest BCUT2D eigenvalue weighted by Crippen LogP contribution is -2.13. The van der Waals surface area contributed by atoms with Crippen molar-refractivity contribution >= 4 is 40.6 Å². The number of para-hydroxylation sites is 2. The van der Waals surface area contributed by atoms with Crippen LogP contribution in [0.1, 0.15) is 5.56 Å². The lowest BCUT2D eigenvalue weighted by molar-refractivity contribution is -0.112. The summed E-state index contributed by atoms with van der Waals surface area (Å²) in [6.07, 6.45) is 1.54. The molecular weight excluding hydrogens is 358 g/mol. The first-order chi connectivity index (χ1) is 13.2. The molecule has 0 saturated heterocycles. The fourth-order valence-electron chi connectivity index (χ4n) is 2.42. The van der Waals surface area contributed by atoms with Crippen molar-refractivity contribution in [3.63, 3.8) is 0 Å². The minimum absolute atomic E-state index is 0.00121. The number of nitrogens with one attached hydrogen (secondary N) is 2. The van der Waals surface area contributed by atoms with E-state index in [0.29, 0.717) is 10.7 Å². The highest BCUT2D eigenvalue weighted by Gasteiger charge is 2.11. The molecule has 0 bridgehead atoms. The third-order valence-electron chi connectivity index (χ3n) is 3.77. The van der Waals surface area contributed by atoms with Gasteiger partial charge in [0.25, 0.3) is 5.91 Å². The van der Waals surface area contributed by atoms with E-state index in [0.717, 1.165) is 16.9 Å². The molecule has 0 atom stereocenters. The molecule has 4 nitrogen and oxygen atoms in total. The SMILES string of the molecule is N#C/C(=C\c1ccc(Nc2ccccc2)cc1)C(=O)Nc1ccccc1Cl. The van der Waals surface area contributed by atoms with Crippen LogP contribution in [0.15, 0.2) is 84.4 Å². The van der Waals surface area contributed by atoms with Crippen LogP contribution in [0.4, 0.5) is 17.1 Å². The summed E-state index contributed by atoms with van der Waals surface area (Å²) >= 11 is 6.04. The minimum Gasteiger partial charge on any atom is -0.356 e. The molecule has 0 aliphatic heterocycles. The topological polar surface area (TPSA) is 64.9 Å². The van der Waals surface area contributed by atoms with E-state index in [4.69, 9.17) is 11.6 Å². The number of nitriles is 1. The maximum absolute atomic E-state index is 12.3. The summed E-state index contributed by atoms with van der Waals surface area (Å²) in [5, 5.41) is 15.7. The molecule has 3 aromatic carbocycles. The molecule has 3 rings (SSSR count). The van der Waals surface area contributed by atoms with E-state index in [-0.39, 0.29) is 5.57 Å². The van der Waals surface area contributed by atoms with Crippen LogP contribution in [-0.4, -0.2) is 5.91 Å². The third kappa shape index (κ3) is 4.97. The molecule has 0 aromatic heterocycles. The van der Waals surface area contributed by atoms with Crippen molar-refractivity contribution in [2.45, 2.75) is 0 Å². The number of rotatable bonds is 5. The standard InChI is InChI=1S/C22H16ClN3O/c23-20-8-4-5-9-21(20)26-22(27)17(15-24)14-16-10-12-19(13-11-16)25-18-6-2-1-3-7-18/h1-14,25H,(H,26,27)/b17-14+. The van der Waals surface area contributed by atoms with Crippen LogP contribution in [-0.2, 0) is 4.79 Å². The largest absolute Gasteiger partial charge is 0.356 e. The summed E-state index contributed by atoms with van der Waals surface area (Å²) in [4.78, 5) is 12.3. The minimum atomic E-state index is -0.503. The van der Waals surface area contributed by atoms with Crippen molar-refractivity contribution in [2.24, 2.45) is 0 Å². The Morgan fingerprint density at radius 3 is 2.19 bits per heavy atom. The second-order valence-corrected chi connectivity index (χ2v) is 6.12. The van der Waals surface area contributed by atoms with E-state index in [2.05, 4.69) is 10.6 Å². The summed E-state index contributed by atoms with van der Waals surface area (Å²) < 4.78 is 0. The Kier molecular flexibility index (Phi) is 5.88. The highest BCUT2D eigenvalue weighted by Crippen LogP contribution is 2.22. The molecule has 1 amide bonds. The first kappa shape index (κ1) is 18.2. The molecular formula is C22H16ClN3O. The number of anilines is 3. The Morgan fingerprint density at radius 1 is 0.889 bits per heavy atom. The molecule has 0 aliphatic rings. The zero-order chi connectivity index (χ0) is 19.1. The lowest BCUT2D eigenvalue weighted by atomic mass is 10.1. The van der Waals surface area contributed by atoms with Crippen LogP contribution in [0.25, 0.3) is 6.08 Å². The number of benzene rings is 3. The lowest BCUT2D eigenvalue weighted by Gasteiger charge is -2.07. The second kappa shape index (κ2) is 8.70. The second-order valence-electron chi connectivity index (χ2n) is 5.72.